The topological polar surface area (TPSA) is 76.7 Å². The van der Waals surface area contributed by atoms with Crippen molar-refractivity contribution in [3.8, 4) is 0 Å². The molecule has 0 rings (SSSR count). The van der Waals surface area contributed by atoms with Crippen molar-refractivity contribution in [3.05, 3.63) is 25.3 Å². The highest BCUT2D eigenvalue weighted by molar-refractivity contribution is 6.29. The normalized spacial score (nSPS) is 9.56. The fourth-order valence-electron chi connectivity index (χ4n) is 0.954. The van der Waals surface area contributed by atoms with Gasteiger partial charge in [0, 0.05) is 13.1 Å². The first kappa shape index (κ1) is 16.3. The van der Waals surface area contributed by atoms with E-state index in [0.717, 1.165) is 25.7 Å². The smallest absolute Gasteiger partial charge is 0.362 e. The molecule has 18 heavy (non-hydrogen) atoms. The molecule has 6 nitrogen and oxygen atoms in total. The molecule has 0 spiro atoms. The van der Waals surface area contributed by atoms with Crippen LogP contribution in [0, 0.1) is 0 Å². The second kappa shape index (κ2) is 11.8. The first-order valence-corrected chi connectivity index (χ1v) is 5.81. The summed E-state index contributed by atoms with van der Waals surface area (Å²) in [5, 5.41) is 0. The molecule has 0 aromatic heterocycles. The highest BCUT2D eigenvalue weighted by Gasteiger charge is 2.17. The molecule has 102 valence electrons. The second-order valence-electron chi connectivity index (χ2n) is 3.43. The van der Waals surface area contributed by atoms with E-state index in [-0.39, 0.29) is 0 Å². The highest BCUT2D eigenvalue weighted by Crippen LogP contribution is 1.88. The molecular weight excluding hydrogens is 236 g/mol. The molecule has 0 aliphatic carbocycles. The highest BCUT2D eigenvalue weighted by atomic mass is 16.7. The van der Waals surface area contributed by atoms with Crippen molar-refractivity contribution in [2.45, 2.75) is 25.7 Å². The molecule has 0 saturated heterocycles. The third kappa shape index (κ3) is 9.56. The monoisotopic (exact) mass is 256 g/mol. The largest absolute Gasteiger partial charge is 0.437 e. The van der Waals surface area contributed by atoms with Gasteiger partial charge < -0.3 is 9.68 Å². The van der Waals surface area contributed by atoms with Gasteiger partial charge in [-0.15, -0.1) is 13.2 Å². The van der Waals surface area contributed by atoms with Crippen LogP contribution in [0.4, 0.5) is 0 Å². The Labute approximate surface area is 107 Å². The predicted molar refractivity (Wildman–Crippen MR) is 67.1 cm³/mol. The number of carbonyl (C=O) groups excluding carboxylic acids is 2. The van der Waals surface area contributed by atoms with Crippen molar-refractivity contribution in [1.82, 2.24) is 11.0 Å². The molecule has 0 unspecified atom stereocenters. The molecule has 0 amide bonds. The van der Waals surface area contributed by atoms with Crippen LogP contribution < -0.4 is 11.0 Å². The Bertz CT molecular complexity index is 251. The average Bonchev–Trinajstić information content (AvgIpc) is 2.37. The van der Waals surface area contributed by atoms with Gasteiger partial charge >= 0.3 is 11.9 Å². The molecule has 0 bridgehead atoms. The lowest BCUT2D eigenvalue weighted by Crippen LogP contribution is -2.32. The van der Waals surface area contributed by atoms with Gasteiger partial charge in [0.15, 0.2) is 0 Å². The number of allylic oxidation sites excluding steroid dienone is 2. The number of carbonyl (C=O) groups is 2. The van der Waals surface area contributed by atoms with Crippen LogP contribution in [0.3, 0.4) is 0 Å². The molecule has 2 N–H and O–H groups in total. The van der Waals surface area contributed by atoms with Gasteiger partial charge in [-0.2, -0.15) is 11.0 Å². The molecule has 0 fully saturated rings. The van der Waals surface area contributed by atoms with Crippen LogP contribution in [0.1, 0.15) is 25.7 Å². The van der Waals surface area contributed by atoms with Crippen LogP contribution in [-0.2, 0) is 19.3 Å². The lowest BCUT2D eigenvalue weighted by Gasteiger charge is -2.05. The van der Waals surface area contributed by atoms with Gasteiger partial charge in [-0.05, 0) is 25.7 Å². The van der Waals surface area contributed by atoms with Crippen LogP contribution in [-0.4, -0.2) is 25.0 Å². The molecule has 0 heterocycles. The maximum Gasteiger partial charge on any atom is 0.437 e. The van der Waals surface area contributed by atoms with Crippen LogP contribution in [0.15, 0.2) is 25.3 Å². The standard InChI is InChI=1S/C12H20N2O4/c1-3-5-7-9-13-17-11(15)12(16)18-14-10-8-6-4-2/h3-4,13-14H,1-2,5-10H2. The predicted octanol–water partition coefficient (Wildman–Crippen LogP) is 1.01. The van der Waals surface area contributed by atoms with Gasteiger partial charge in [0.25, 0.3) is 0 Å². The molecule has 6 heteroatoms. The van der Waals surface area contributed by atoms with Crippen molar-refractivity contribution >= 4 is 11.9 Å². The summed E-state index contributed by atoms with van der Waals surface area (Å²) in [4.78, 5) is 31.1. The summed E-state index contributed by atoms with van der Waals surface area (Å²) in [5.41, 5.74) is 4.74. The zero-order valence-corrected chi connectivity index (χ0v) is 10.4. The van der Waals surface area contributed by atoms with E-state index in [1.165, 1.54) is 0 Å². The van der Waals surface area contributed by atoms with Gasteiger partial charge in [-0.25, -0.2) is 9.59 Å². The molecule has 0 aromatic rings. The Morgan fingerprint density at radius 2 is 1.28 bits per heavy atom. The van der Waals surface area contributed by atoms with E-state index < -0.39 is 11.9 Å². The Kier molecular flexibility index (Phi) is 10.7. The zero-order chi connectivity index (χ0) is 13.6. The summed E-state index contributed by atoms with van der Waals surface area (Å²) < 4.78 is 0. The first-order chi connectivity index (χ1) is 8.72. The number of hydrogen-bond acceptors (Lipinski definition) is 6. The lowest BCUT2D eigenvalue weighted by molar-refractivity contribution is -0.176. The minimum atomic E-state index is -1.08. The summed E-state index contributed by atoms with van der Waals surface area (Å²) in [6, 6.07) is 0. The fraction of sp³-hybridized carbons (Fsp3) is 0.500. The van der Waals surface area contributed by atoms with Crippen LogP contribution >= 0.6 is 0 Å². The van der Waals surface area contributed by atoms with Gasteiger partial charge in [-0.3, -0.25) is 0 Å². The van der Waals surface area contributed by atoms with E-state index in [2.05, 4.69) is 33.8 Å². The number of hydroxylamine groups is 2. The maximum absolute atomic E-state index is 11.1. The zero-order valence-electron chi connectivity index (χ0n) is 10.4. The Morgan fingerprint density at radius 3 is 1.61 bits per heavy atom. The van der Waals surface area contributed by atoms with E-state index in [4.69, 9.17) is 0 Å². The van der Waals surface area contributed by atoms with Crippen molar-refractivity contribution in [3.63, 3.8) is 0 Å². The van der Waals surface area contributed by atoms with Crippen LogP contribution in [0.2, 0.25) is 0 Å². The van der Waals surface area contributed by atoms with Crippen molar-refractivity contribution in [2.24, 2.45) is 0 Å². The Morgan fingerprint density at radius 1 is 0.889 bits per heavy atom. The third-order valence-corrected chi connectivity index (χ3v) is 1.87. The molecular formula is C12H20N2O4. The molecule has 0 atom stereocenters. The quantitative estimate of drug-likeness (QED) is 0.263. The number of nitrogens with one attached hydrogen (secondary N) is 2. The van der Waals surface area contributed by atoms with Crippen LogP contribution in [0.5, 0.6) is 0 Å². The summed E-state index contributed by atoms with van der Waals surface area (Å²) >= 11 is 0. The van der Waals surface area contributed by atoms with Crippen molar-refractivity contribution in [2.75, 3.05) is 13.1 Å². The summed E-state index contributed by atoms with van der Waals surface area (Å²) in [5.74, 6) is -2.16. The molecule has 0 aliphatic heterocycles. The lowest BCUT2D eigenvalue weighted by atomic mass is 10.3. The van der Waals surface area contributed by atoms with Crippen molar-refractivity contribution in [1.29, 1.82) is 0 Å². The number of hydrogen-bond donors (Lipinski definition) is 2. The van der Waals surface area contributed by atoms with Gasteiger partial charge in [0.2, 0.25) is 0 Å². The van der Waals surface area contributed by atoms with Gasteiger partial charge in [0.1, 0.15) is 0 Å². The van der Waals surface area contributed by atoms with E-state index in [0.29, 0.717) is 13.1 Å². The maximum atomic E-state index is 11.1. The fourth-order valence-corrected chi connectivity index (χ4v) is 0.954. The molecule has 0 aromatic carbocycles. The van der Waals surface area contributed by atoms with Gasteiger partial charge in [0.05, 0.1) is 0 Å². The minimum absolute atomic E-state index is 0.456. The van der Waals surface area contributed by atoms with Crippen molar-refractivity contribution < 1.29 is 19.3 Å². The minimum Gasteiger partial charge on any atom is -0.362 e. The van der Waals surface area contributed by atoms with E-state index >= 15 is 0 Å². The third-order valence-electron chi connectivity index (χ3n) is 1.87. The van der Waals surface area contributed by atoms with E-state index in [1.54, 1.807) is 12.2 Å². The molecule has 0 radical (unpaired) electrons. The second-order valence-corrected chi connectivity index (χ2v) is 3.43. The number of rotatable bonds is 10. The van der Waals surface area contributed by atoms with E-state index in [1.807, 2.05) is 0 Å². The van der Waals surface area contributed by atoms with Gasteiger partial charge in [-0.1, -0.05) is 12.2 Å². The van der Waals surface area contributed by atoms with E-state index in [9.17, 15) is 9.59 Å². The molecule has 0 aliphatic rings. The summed E-state index contributed by atoms with van der Waals surface area (Å²) in [7, 11) is 0. The average molecular weight is 256 g/mol. The first-order valence-electron chi connectivity index (χ1n) is 5.81. The Hall–Kier alpha value is -1.66. The Balaban J connectivity index is 3.48. The summed E-state index contributed by atoms with van der Waals surface area (Å²) in [6.45, 7) is 8.02. The SMILES string of the molecule is C=CCCCNOC(=O)C(=O)ONCCCC=C. The summed E-state index contributed by atoms with van der Waals surface area (Å²) in [6.07, 6.45) is 6.66. The van der Waals surface area contributed by atoms with Crippen LogP contribution in [0.25, 0.3) is 0 Å². The number of unbranched alkanes of at least 4 members (excludes halogenated alkanes) is 2. The molecule has 0 saturated carbocycles.